The molecule has 5 aromatic rings. The minimum absolute atomic E-state index is 0.00999. The van der Waals surface area contributed by atoms with E-state index >= 15 is 0 Å². The molecule has 18 heteroatoms. The summed E-state index contributed by atoms with van der Waals surface area (Å²) in [6.07, 6.45) is 3.86. The van der Waals surface area contributed by atoms with Crippen molar-refractivity contribution in [2.45, 2.75) is 94.3 Å². The minimum Gasteiger partial charge on any atom is -0.370 e. The van der Waals surface area contributed by atoms with Gasteiger partial charge in [-0.05, 0) is 85.8 Å². The number of H-pyrrole nitrogens is 1. The van der Waals surface area contributed by atoms with Gasteiger partial charge in [-0.2, -0.15) is 0 Å². The number of aromatic amines is 1. The normalized spacial score (nSPS) is 20.8. The second-order valence-electron chi connectivity index (χ2n) is 17.4. The van der Waals surface area contributed by atoms with E-state index in [1.807, 2.05) is 84.9 Å². The van der Waals surface area contributed by atoms with Crippen molar-refractivity contribution in [3.8, 4) is 0 Å². The highest BCUT2D eigenvalue weighted by atomic mass is 16.2. The number of aromatic nitrogens is 1. The summed E-state index contributed by atoms with van der Waals surface area (Å²) in [6.45, 7) is 0.568. The SMILES string of the molecule is NC(=O)C1CCCCNC(=O)c2ccccc2C(=O)NCC[C@@H](c2ccccc2)CCC(=O)N[C@H](Cc2ccccc2)C(=O)N[C@@H](CCCN=C(N)N)C(=O)N[C@@H](Cc2c[nH]c3ccccc23)C(=O)N1. The Morgan fingerprint density at radius 1 is 0.600 bits per heavy atom. The van der Waals surface area contributed by atoms with Gasteiger partial charge in [0.15, 0.2) is 5.96 Å². The number of primary amides is 1. The standard InChI is InChI=1S/C52H63N11O7/c53-46(65)41-22-11-12-27-56-47(66)38-19-7-8-20-39(38)48(67)57-29-26-35(34-16-5-2-6-17-34)24-25-45(64)60-43(30-33-14-3-1-4-15-33)50(69)62-42(23-13-28-58-52(54)55)49(68)63-44(51(70)61-41)31-36-32-59-40-21-10-9-18-37(36)40/h1-10,14-21,32,35,41-44,59H,11-13,22-31H2,(H2,53,65)(H,56,66)(H,57,67)(H,60,64)(H,61,70)(H,62,69)(H,63,68)(H4,54,55,58)/t35-,41?,42-,43+,44-/m0/s1. The molecule has 368 valence electrons. The molecule has 1 aliphatic heterocycles. The maximum absolute atomic E-state index is 14.5. The summed E-state index contributed by atoms with van der Waals surface area (Å²) < 4.78 is 0. The molecule has 0 bridgehead atoms. The number of para-hydroxylation sites is 1. The van der Waals surface area contributed by atoms with E-state index in [4.69, 9.17) is 17.2 Å². The van der Waals surface area contributed by atoms with Gasteiger partial charge in [-0.15, -0.1) is 0 Å². The predicted octanol–water partition coefficient (Wildman–Crippen LogP) is 2.73. The van der Waals surface area contributed by atoms with Gasteiger partial charge in [-0.3, -0.25) is 38.6 Å². The summed E-state index contributed by atoms with van der Waals surface area (Å²) in [4.78, 5) is 104. The van der Waals surface area contributed by atoms with Gasteiger partial charge in [0.1, 0.15) is 24.2 Å². The lowest BCUT2D eigenvalue weighted by Gasteiger charge is -2.26. The van der Waals surface area contributed by atoms with Crippen LogP contribution < -0.4 is 49.1 Å². The van der Waals surface area contributed by atoms with Gasteiger partial charge in [-0.1, -0.05) is 91.0 Å². The Bertz CT molecular complexity index is 2620. The number of carbonyl (C=O) groups excluding carboxylic acids is 7. The number of fused-ring (bicyclic) bond motifs is 2. The van der Waals surface area contributed by atoms with E-state index in [-0.39, 0.29) is 81.2 Å². The van der Waals surface area contributed by atoms with E-state index in [0.717, 1.165) is 22.0 Å². The highest BCUT2D eigenvalue weighted by Crippen LogP contribution is 2.25. The lowest BCUT2D eigenvalue weighted by Crippen LogP contribution is -2.58. The van der Waals surface area contributed by atoms with E-state index < -0.39 is 65.5 Å². The van der Waals surface area contributed by atoms with Gasteiger partial charge in [0.2, 0.25) is 29.5 Å². The summed E-state index contributed by atoms with van der Waals surface area (Å²) in [5, 5.41) is 18.0. The molecule has 18 nitrogen and oxygen atoms in total. The van der Waals surface area contributed by atoms with Crippen molar-refractivity contribution < 1.29 is 33.6 Å². The third kappa shape index (κ3) is 15.2. The van der Waals surface area contributed by atoms with E-state index in [1.54, 1.807) is 30.5 Å². The van der Waals surface area contributed by atoms with E-state index in [2.05, 4.69) is 41.9 Å². The fourth-order valence-corrected chi connectivity index (χ4v) is 8.54. The Balaban J connectivity index is 1.32. The third-order valence-corrected chi connectivity index (χ3v) is 12.3. The molecule has 1 aliphatic rings. The third-order valence-electron chi connectivity index (χ3n) is 12.3. The number of hydrogen-bond acceptors (Lipinski definition) is 8. The zero-order valence-electron chi connectivity index (χ0n) is 39.1. The average Bonchev–Trinajstić information content (AvgIpc) is 3.77. The molecule has 70 heavy (non-hydrogen) atoms. The largest absolute Gasteiger partial charge is 0.370 e. The molecule has 0 saturated carbocycles. The lowest BCUT2D eigenvalue weighted by atomic mass is 9.91. The molecule has 2 heterocycles. The Kier molecular flexibility index (Phi) is 19.0. The summed E-state index contributed by atoms with van der Waals surface area (Å²) in [7, 11) is 0. The van der Waals surface area contributed by atoms with Gasteiger partial charge in [-0.25, -0.2) is 0 Å². The van der Waals surface area contributed by atoms with Crippen molar-refractivity contribution in [2.24, 2.45) is 22.2 Å². The van der Waals surface area contributed by atoms with E-state index in [0.29, 0.717) is 31.2 Å². The van der Waals surface area contributed by atoms with Gasteiger partial charge in [0.05, 0.1) is 11.1 Å². The number of hydrogen-bond donors (Lipinski definition) is 10. The fourth-order valence-electron chi connectivity index (χ4n) is 8.54. The number of benzene rings is 4. The Hall–Kier alpha value is -8.02. The van der Waals surface area contributed by atoms with Gasteiger partial charge in [0.25, 0.3) is 11.8 Å². The van der Waals surface area contributed by atoms with Crippen molar-refractivity contribution in [1.29, 1.82) is 0 Å². The maximum Gasteiger partial charge on any atom is 0.252 e. The van der Waals surface area contributed by atoms with Crippen LogP contribution in [0.3, 0.4) is 0 Å². The summed E-state index contributed by atoms with van der Waals surface area (Å²) >= 11 is 0. The molecule has 6 rings (SSSR count). The maximum atomic E-state index is 14.5. The number of aliphatic imine (C=N–C) groups is 1. The molecule has 0 fully saturated rings. The fraction of sp³-hybridized carbons (Fsp3) is 0.346. The van der Waals surface area contributed by atoms with E-state index in [9.17, 15) is 33.6 Å². The van der Waals surface area contributed by atoms with Gasteiger partial charge in [0, 0.05) is 56.0 Å². The van der Waals surface area contributed by atoms with Gasteiger partial charge < -0.3 is 54.1 Å². The van der Waals surface area contributed by atoms with Crippen LogP contribution in [0, 0.1) is 0 Å². The number of nitrogens with two attached hydrogens (primary N) is 3. The van der Waals surface area contributed by atoms with Crippen LogP contribution in [0.25, 0.3) is 10.9 Å². The second kappa shape index (κ2) is 25.9. The first kappa shape index (κ1) is 51.4. The Morgan fingerprint density at radius 2 is 1.20 bits per heavy atom. The molecular formula is C52H63N11O7. The van der Waals surface area contributed by atoms with Crippen LogP contribution in [0.1, 0.15) is 94.7 Å². The molecule has 13 N–H and O–H groups in total. The molecule has 1 aromatic heterocycles. The molecule has 7 amide bonds. The first-order valence-corrected chi connectivity index (χ1v) is 23.7. The van der Waals surface area contributed by atoms with Crippen molar-refractivity contribution in [1.82, 2.24) is 36.9 Å². The smallest absolute Gasteiger partial charge is 0.252 e. The highest BCUT2D eigenvalue weighted by molar-refractivity contribution is 6.07. The minimum atomic E-state index is -1.26. The number of rotatable bonds is 10. The van der Waals surface area contributed by atoms with Gasteiger partial charge >= 0.3 is 0 Å². The van der Waals surface area contributed by atoms with Crippen molar-refractivity contribution in [3.05, 3.63) is 143 Å². The molecule has 1 unspecified atom stereocenters. The summed E-state index contributed by atoms with van der Waals surface area (Å²) in [5.74, 6) is -4.47. The molecule has 0 aliphatic carbocycles. The first-order valence-electron chi connectivity index (χ1n) is 23.7. The Morgan fingerprint density at radius 3 is 1.90 bits per heavy atom. The molecule has 4 aromatic carbocycles. The molecule has 0 radical (unpaired) electrons. The average molecular weight is 954 g/mol. The summed E-state index contributed by atoms with van der Waals surface area (Å²) in [6, 6.07) is 27.9. The lowest BCUT2D eigenvalue weighted by molar-refractivity contribution is -0.134. The van der Waals surface area contributed by atoms with Crippen molar-refractivity contribution in [3.63, 3.8) is 0 Å². The molecular weight excluding hydrogens is 891 g/mol. The second-order valence-corrected chi connectivity index (χ2v) is 17.4. The predicted molar refractivity (Wildman–Crippen MR) is 267 cm³/mol. The van der Waals surface area contributed by atoms with Crippen LogP contribution in [0.2, 0.25) is 0 Å². The molecule has 0 spiro atoms. The number of amides is 7. The van der Waals surface area contributed by atoms with Crippen LogP contribution in [-0.4, -0.2) is 96.1 Å². The highest BCUT2D eigenvalue weighted by Gasteiger charge is 2.32. The van der Waals surface area contributed by atoms with Crippen LogP contribution in [0.15, 0.2) is 120 Å². The number of nitrogens with zero attached hydrogens (tertiary/aromatic N) is 1. The number of carbonyl (C=O) groups is 7. The topological polar surface area (TPSA) is 298 Å². The molecule has 0 saturated heterocycles. The van der Waals surface area contributed by atoms with Crippen LogP contribution in [0.4, 0.5) is 0 Å². The summed E-state index contributed by atoms with van der Waals surface area (Å²) in [5.41, 5.74) is 20.6. The monoisotopic (exact) mass is 953 g/mol. The zero-order valence-corrected chi connectivity index (χ0v) is 39.1. The van der Waals surface area contributed by atoms with Crippen LogP contribution in [0.5, 0.6) is 0 Å². The van der Waals surface area contributed by atoms with E-state index in [1.165, 1.54) is 0 Å². The quantitative estimate of drug-likeness (QED) is 0.0559. The van der Waals surface area contributed by atoms with Crippen LogP contribution >= 0.6 is 0 Å². The zero-order chi connectivity index (χ0) is 49.8. The number of guanidine groups is 1. The van der Waals surface area contributed by atoms with Crippen molar-refractivity contribution >= 4 is 58.2 Å². The molecule has 5 atom stereocenters. The first-order chi connectivity index (χ1) is 33.9. The number of nitrogens with one attached hydrogen (secondary N) is 7. The van der Waals surface area contributed by atoms with Crippen LogP contribution in [-0.2, 0) is 36.8 Å². The van der Waals surface area contributed by atoms with Crippen molar-refractivity contribution in [2.75, 3.05) is 19.6 Å². The Labute approximate surface area is 406 Å².